The summed E-state index contributed by atoms with van der Waals surface area (Å²) >= 11 is 5.15. The van der Waals surface area contributed by atoms with Gasteiger partial charge in [0.15, 0.2) is 5.11 Å². The van der Waals surface area contributed by atoms with Crippen molar-refractivity contribution in [2.45, 2.75) is 19.8 Å². The Kier molecular flexibility index (Phi) is 5.95. The third-order valence-corrected chi connectivity index (χ3v) is 4.11. The molecule has 1 aliphatic heterocycles. The van der Waals surface area contributed by atoms with Crippen LogP contribution in [0.3, 0.4) is 0 Å². The molecule has 1 amide bonds. The lowest BCUT2D eigenvalue weighted by molar-refractivity contribution is 0.0697. The fourth-order valence-electron chi connectivity index (χ4n) is 2.43. The Balaban J connectivity index is 1.92. The molecule has 0 atom stereocenters. The molecule has 2 N–H and O–H groups in total. The molecule has 0 unspecified atom stereocenters. The highest BCUT2D eigenvalue weighted by Crippen LogP contribution is 2.19. The maximum Gasteiger partial charge on any atom is 0.253 e. The van der Waals surface area contributed by atoms with Gasteiger partial charge in [0.2, 0.25) is 0 Å². The molecule has 1 fully saturated rings. The van der Waals surface area contributed by atoms with Crippen molar-refractivity contribution in [1.29, 1.82) is 0 Å². The number of likely N-dealkylation sites (tertiary alicyclic amines) is 1. The zero-order valence-electron chi connectivity index (χ0n) is 13.0. The minimum Gasteiger partial charge on any atom is -0.359 e. The van der Waals surface area contributed by atoms with Crippen LogP contribution in [0.25, 0.3) is 0 Å². The molecule has 4 nitrogen and oxygen atoms in total. The van der Waals surface area contributed by atoms with Gasteiger partial charge < -0.3 is 15.5 Å². The highest BCUT2D eigenvalue weighted by atomic mass is 32.1. The highest BCUT2D eigenvalue weighted by molar-refractivity contribution is 7.80. The van der Waals surface area contributed by atoms with Crippen molar-refractivity contribution in [2.24, 2.45) is 5.92 Å². The molecule has 0 bridgehead atoms. The predicted molar refractivity (Wildman–Crippen MR) is 95.2 cm³/mol. The third-order valence-electron chi connectivity index (χ3n) is 3.87. The van der Waals surface area contributed by atoms with Crippen molar-refractivity contribution in [2.75, 3.05) is 25.0 Å². The van der Waals surface area contributed by atoms with Crippen molar-refractivity contribution < 1.29 is 4.79 Å². The lowest BCUT2D eigenvalue weighted by Gasteiger charge is -2.30. The average Bonchev–Trinajstić information content (AvgIpc) is 2.54. The monoisotopic (exact) mass is 317 g/mol. The number of nitrogens with zero attached hydrogens (tertiary/aromatic N) is 1. The van der Waals surface area contributed by atoms with Gasteiger partial charge in [0.25, 0.3) is 5.91 Å². The molecule has 1 aromatic carbocycles. The van der Waals surface area contributed by atoms with E-state index in [-0.39, 0.29) is 5.91 Å². The second-order valence-corrected chi connectivity index (χ2v) is 6.08. The molecule has 0 radical (unpaired) electrons. The number of carbonyl (C=O) groups excluding carboxylic acids is 1. The van der Waals surface area contributed by atoms with Gasteiger partial charge in [-0.2, -0.15) is 0 Å². The van der Waals surface area contributed by atoms with E-state index in [4.69, 9.17) is 12.2 Å². The fourth-order valence-corrected chi connectivity index (χ4v) is 2.63. The summed E-state index contributed by atoms with van der Waals surface area (Å²) in [5.74, 6) is 0.838. The number of hydrogen-bond donors (Lipinski definition) is 2. The number of benzene rings is 1. The number of hydrogen-bond acceptors (Lipinski definition) is 2. The normalized spacial score (nSPS) is 15.2. The van der Waals surface area contributed by atoms with Gasteiger partial charge in [0, 0.05) is 30.9 Å². The lowest BCUT2D eigenvalue weighted by Crippen LogP contribution is -2.37. The van der Waals surface area contributed by atoms with Crippen LogP contribution >= 0.6 is 12.2 Å². The first-order chi connectivity index (χ1) is 10.6. The number of carbonyl (C=O) groups is 1. The Hall–Kier alpha value is -1.88. The molecule has 5 heteroatoms. The standard InChI is InChI=1S/C17H23N3OS/c1-3-10-18-17(22)19-15-6-4-14(5-7-15)16(21)20-11-8-13(2)9-12-20/h3-7,13H,1,8-12H2,2H3,(H2,18,19,22). The summed E-state index contributed by atoms with van der Waals surface area (Å²) in [7, 11) is 0. The van der Waals surface area contributed by atoms with Gasteiger partial charge in [-0.3, -0.25) is 4.79 Å². The quantitative estimate of drug-likeness (QED) is 0.662. The molecule has 2 rings (SSSR count). The maximum absolute atomic E-state index is 12.4. The van der Waals surface area contributed by atoms with Gasteiger partial charge in [-0.25, -0.2) is 0 Å². The Morgan fingerprint density at radius 2 is 2.00 bits per heavy atom. The second kappa shape index (κ2) is 7.94. The van der Waals surface area contributed by atoms with Crippen molar-refractivity contribution >= 4 is 28.9 Å². The fraction of sp³-hybridized carbons (Fsp3) is 0.412. The average molecular weight is 317 g/mol. The highest BCUT2D eigenvalue weighted by Gasteiger charge is 2.21. The minimum absolute atomic E-state index is 0.116. The van der Waals surface area contributed by atoms with Crippen LogP contribution in [-0.4, -0.2) is 35.6 Å². The van der Waals surface area contributed by atoms with E-state index in [0.29, 0.717) is 11.7 Å². The SMILES string of the molecule is C=CCNC(=S)Nc1ccc(C(=O)N2CCC(C)CC2)cc1. The van der Waals surface area contributed by atoms with Gasteiger partial charge in [-0.1, -0.05) is 13.0 Å². The van der Waals surface area contributed by atoms with E-state index in [1.807, 2.05) is 29.2 Å². The van der Waals surface area contributed by atoms with Crippen molar-refractivity contribution in [3.05, 3.63) is 42.5 Å². The molecular formula is C17H23N3OS. The van der Waals surface area contributed by atoms with Crippen molar-refractivity contribution in [3.63, 3.8) is 0 Å². The number of rotatable bonds is 4. The largest absolute Gasteiger partial charge is 0.359 e. The molecule has 1 aromatic rings. The van der Waals surface area contributed by atoms with E-state index in [0.717, 1.165) is 43.1 Å². The lowest BCUT2D eigenvalue weighted by atomic mass is 9.98. The first kappa shape index (κ1) is 16.5. The Labute approximate surface area is 137 Å². The minimum atomic E-state index is 0.116. The molecule has 1 heterocycles. The molecule has 22 heavy (non-hydrogen) atoms. The molecular weight excluding hydrogens is 294 g/mol. The van der Waals surface area contributed by atoms with Crippen molar-refractivity contribution in [3.8, 4) is 0 Å². The number of amides is 1. The Morgan fingerprint density at radius 3 is 2.59 bits per heavy atom. The summed E-state index contributed by atoms with van der Waals surface area (Å²) in [4.78, 5) is 14.4. The third kappa shape index (κ3) is 4.56. The van der Waals surface area contributed by atoms with E-state index in [9.17, 15) is 4.79 Å². The van der Waals surface area contributed by atoms with E-state index in [1.54, 1.807) is 6.08 Å². The van der Waals surface area contributed by atoms with Crippen molar-refractivity contribution in [1.82, 2.24) is 10.2 Å². The number of piperidine rings is 1. The number of nitrogens with one attached hydrogen (secondary N) is 2. The summed E-state index contributed by atoms with van der Waals surface area (Å²) in [6.07, 6.45) is 3.93. The zero-order valence-corrected chi connectivity index (χ0v) is 13.8. The molecule has 0 aliphatic carbocycles. The molecule has 1 aliphatic rings. The maximum atomic E-state index is 12.4. The number of anilines is 1. The molecule has 118 valence electrons. The zero-order chi connectivity index (χ0) is 15.9. The van der Waals surface area contributed by atoms with Crippen LogP contribution in [0.4, 0.5) is 5.69 Å². The Bertz CT molecular complexity index is 533. The van der Waals surface area contributed by atoms with Crippen LogP contribution < -0.4 is 10.6 Å². The smallest absolute Gasteiger partial charge is 0.253 e. The summed E-state index contributed by atoms with van der Waals surface area (Å²) < 4.78 is 0. The van der Waals surface area contributed by atoms with E-state index >= 15 is 0 Å². The van der Waals surface area contributed by atoms with Crippen LogP contribution in [0.2, 0.25) is 0 Å². The van der Waals surface area contributed by atoms with Crippen LogP contribution in [0, 0.1) is 5.92 Å². The van der Waals surface area contributed by atoms with Gasteiger partial charge in [-0.15, -0.1) is 6.58 Å². The topological polar surface area (TPSA) is 44.4 Å². The van der Waals surface area contributed by atoms with Gasteiger partial charge in [-0.05, 0) is 55.2 Å². The molecule has 0 aromatic heterocycles. The van der Waals surface area contributed by atoms with E-state index in [2.05, 4.69) is 24.1 Å². The summed E-state index contributed by atoms with van der Waals surface area (Å²) in [6.45, 7) is 8.20. The van der Waals surface area contributed by atoms with Gasteiger partial charge in [0.05, 0.1) is 0 Å². The van der Waals surface area contributed by atoms with Gasteiger partial charge >= 0.3 is 0 Å². The van der Waals surface area contributed by atoms with Crippen LogP contribution in [0.5, 0.6) is 0 Å². The molecule has 0 saturated carbocycles. The Morgan fingerprint density at radius 1 is 1.36 bits per heavy atom. The van der Waals surface area contributed by atoms with E-state index in [1.165, 1.54) is 0 Å². The van der Waals surface area contributed by atoms with Crippen LogP contribution in [0.15, 0.2) is 36.9 Å². The molecule has 1 saturated heterocycles. The molecule has 0 spiro atoms. The number of thiocarbonyl (C=S) groups is 1. The summed E-state index contributed by atoms with van der Waals surface area (Å²) in [6, 6.07) is 7.45. The van der Waals surface area contributed by atoms with Crippen LogP contribution in [0.1, 0.15) is 30.1 Å². The summed E-state index contributed by atoms with van der Waals surface area (Å²) in [5, 5.41) is 6.62. The van der Waals surface area contributed by atoms with Gasteiger partial charge in [0.1, 0.15) is 0 Å². The first-order valence-electron chi connectivity index (χ1n) is 7.65. The first-order valence-corrected chi connectivity index (χ1v) is 8.06. The second-order valence-electron chi connectivity index (χ2n) is 5.68. The predicted octanol–water partition coefficient (Wildman–Crippen LogP) is 3.03. The van der Waals surface area contributed by atoms with E-state index < -0.39 is 0 Å². The van der Waals surface area contributed by atoms with Crippen LogP contribution in [-0.2, 0) is 0 Å². The summed E-state index contributed by atoms with van der Waals surface area (Å²) in [5.41, 5.74) is 1.59.